The lowest BCUT2D eigenvalue weighted by atomic mass is 9.71. The Hall–Kier alpha value is -2.29. The molecule has 4 heterocycles. The van der Waals surface area contributed by atoms with Crippen LogP contribution >= 0.6 is 0 Å². The van der Waals surface area contributed by atoms with E-state index in [9.17, 15) is 22.7 Å². The van der Waals surface area contributed by atoms with Crippen molar-refractivity contribution in [3.8, 4) is 0 Å². The summed E-state index contributed by atoms with van der Waals surface area (Å²) in [5.41, 5.74) is 0.825. The van der Waals surface area contributed by atoms with Crippen molar-refractivity contribution < 1.29 is 44.1 Å². The first-order valence-electron chi connectivity index (χ1n) is 11.6. The molecule has 1 aromatic heterocycles. The molecule has 3 aromatic rings. The van der Waals surface area contributed by atoms with Crippen LogP contribution in [0, 0.1) is 17.7 Å². The van der Waals surface area contributed by atoms with Gasteiger partial charge in [0.15, 0.2) is 0 Å². The number of alkyl halides is 3. The number of quaternary nitrogens is 1. The van der Waals surface area contributed by atoms with Crippen molar-refractivity contribution in [3.05, 3.63) is 89.9 Å². The number of nitrogens with zero attached hydrogens (tertiary/aromatic N) is 2. The van der Waals surface area contributed by atoms with Gasteiger partial charge in [-0.3, -0.25) is 4.98 Å². The van der Waals surface area contributed by atoms with Crippen LogP contribution in [0.4, 0.5) is 17.6 Å². The number of para-hydroxylation sites is 1. The summed E-state index contributed by atoms with van der Waals surface area (Å²) in [6, 6.07) is 12.0. The van der Waals surface area contributed by atoms with E-state index in [1.54, 1.807) is 6.20 Å². The van der Waals surface area contributed by atoms with Gasteiger partial charge in [-0.25, -0.2) is 4.39 Å². The van der Waals surface area contributed by atoms with E-state index in [1.165, 1.54) is 6.07 Å². The summed E-state index contributed by atoms with van der Waals surface area (Å²) in [5, 5.41) is 12.6. The van der Waals surface area contributed by atoms with Gasteiger partial charge in [-0.2, -0.15) is 13.2 Å². The maximum Gasteiger partial charge on any atom is 0.416 e. The number of hydrogen-bond donors (Lipinski definition) is 1. The molecule has 2 bridgehead atoms. The first kappa shape index (κ1) is 25.8. The van der Waals surface area contributed by atoms with Crippen LogP contribution in [-0.4, -0.2) is 33.7 Å². The highest BCUT2D eigenvalue weighted by Gasteiger charge is 2.54. The number of halogens is 5. The van der Waals surface area contributed by atoms with Gasteiger partial charge in [-0.1, -0.05) is 24.3 Å². The van der Waals surface area contributed by atoms with Gasteiger partial charge in [0, 0.05) is 35.9 Å². The van der Waals surface area contributed by atoms with Crippen LogP contribution in [0.15, 0.2) is 67.4 Å². The Bertz CT molecular complexity index is 1230. The molecule has 0 saturated carbocycles. The molecule has 35 heavy (non-hydrogen) atoms. The fraction of sp³-hybridized carbons (Fsp3) is 0.370. The summed E-state index contributed by atoms with van der Waals surface area (Å²) in [5.74, 6) is -0.251. The van der Waals surface area contributed by atoms with Crippen molar-refractivity contribution in [1.82, 2.24) is 4.98 Å². The lowest BCUT2D eigenvalue weighted by Gasteiger charge is -2.58. The Morgan fingerprint density at radius 3 is 2.66 bits per heavy atom. The number of piperidine rings is 3. The van der Waals surface area contributed by atoms with Gasteiger partial charge in [0.2, 0.25) is 0 Å². The minimum Gasteiger partial charge on any atom is -1.00 e. The van der Waals surface area contributed by atoms with Crippen LogP contribution in [0.1, 0.15) is 35.6 Å². The van der Waals surface area contributed by atoms with Gasteiger partial charge in [0.25, 0.3) is 0 Å². The van der Waals surface area contributed by atoms with Crippen molar-refractivity contribution in [2.45, 2.75) is 37.7 Å². The lowest BCUT2D eigenvalue weighted by Crippen LogP contribution is -3.00. The Kier molecular flexibility index (Phi) is 7.10. The number of hydrogen-bond acceptors (Lipinski definition) is 2. The summed E-state index contributed by atoms with van der Waals surface area (Å²) in [7, 11) is 0. The number of rotatable bonds is 5. The van der Waals surface area contributed by atoms with Crippen molar-refractivity contribution >= 4 is 10.9 Å². The molecular weight excluding hydrogens is 524 g/mol. The second kappa shape index (κ2) is 9.64. The van der Waals surface area contributed by atoms with E-state index in [2.05, 4.69) is 11.6 Å². The molecule has 0 amide bonds. The van der Waals surface area contributed by atoms with E-state index in [0.717, 1.165) is 41.9 Å². The molecule has 4 unspecified atom stereocenters. The smallest absolute Gasteiger partial charge is 0.416 e. The maximum atomic E-state index is 14.9. The molecule has 3 nitrogen and oxygen atoms in total. The second-order valence-corrected chi connectivity index (χ2v) is 9.70. The average Bonchev–Trinajstić information content (AvgIpc) is 2.84. The van der Waals surface area contributed by atoms with Crippen molar-refractivity contribution in [3.63, 3.8) is 0 Å². The SMILES string of the molecule is C=CC1C[N+]2(Cc3ccc(C(F)(F)F)cc3F)CCC1CC2[C@@H](O)c1ccnc2ccccc12.[Br-]. The minimum atomic E-state index is -4.59. The number of aromatic nitrogens is 1. The van der Waals surface area contributed by atoms with Crippen LogP contribution in [0.5, 0.6) is 0 Å². The summed E-state index contributed by atoms with van der Waals surface area (Å²) in [4.78, 5) is 4.40. The van der Waals surface area contributed by atoms with E-state index in [4.69, 9.17) is 0 Å². The Morgan fingerprint density at radius 1 is 1.17 bits per heavy atom. The third kappa shape index (κ3) is 4.63. The monoisotopic (exact) mass is 550 g/mol. The van der Waals surface area contributed by atoms with E-state index in [-0.39, 0.29) is 41.0 Å². The quantitative estimate of drug-likeness (QED) is 0.301. The first-order chi connectivity index (χ1) is 16.2. The van der Waals surface area contributed by atoms with Gasteiger partial charge < -0.3 is 26.6 Å². The zero-order chi connectivity index (χ0) is 24.1. The van der Waals surface area contributed by atoms with Gasteiger partial charge in [-0.15, -0.1) is 6.58 Å². The first-order valence-corrected chi connectivity index (χ1v) is 11.6. The molecule has 3 saturated heterocycles. The minimum absolute atomic E-state index is 0. The summed E-state index contributed by atoms with van der Waals surface area (Å²) in [6.45, 7) is 5.63. The van der Waals surface area contributed by atoms with Gasteiger partial charge in [0.05, 0.1) is 24.2 Å². The fourth-order valence-electron chi connectivity index (χ4n) is 6.16. The zero-order valence-electron chi connectivity index (χ0n) is 19.1. The fourth-order valence-corrected chi connectivity index (χ4v) is 6.16. The highest BCUT2D eigenvalue weighted by molar-refractivity contribution is 5.82. The zero-order valence-corrected chi connectivity index (χ0v) is 20.6. The van der Waals surface area contributed by atoms with Crippen molar-refractivity contribution in [1.29, 1.82) is 0 Å². The third-order valence-electron chi connectivity index (χ3n) is 7.91. The summed E-state index contributed by atoms with van der Waals surface area (Å²) in [6.07, 6.45) is -0.117. The van der Waals surface area contributed by atoms with Crippen LogP contribution in [0.3, 0.4) is 0 Å². The topological polar surface area (TPSA) is 33.1 Å². The highest BCUT2D eigenvalue weighted by Crippen LogP contribution is 2.48. The molecule has 1 N–H and O–H groups in total. The summed E-state index contributed by atoms with van der Waals surface area (Å²) >= 11 is 0. The predicted molar refractivity (Wildman–Crippen MR) is 122 cm³/mol. The molecular formula is C27H27BrF4N2O. The Balaban J connectivity index is 0.00000289. The second-order valence-electron chi connectivity index (χ2n) is 9.70. The van der Waals surface area contributed by atoms with Crippen molar-refractivity contribution in [2.75, 3.05) is 13.1 Å². The number of benzene rings is 2. The van der Waals surface area contributed by atoms with E-state index in [1.807, 2.05) is 36.4 Å². The molecule has 0 aliphatic carbocycles. The van der Waals surface area contributed by atoms with E-state index < -0.39 is 23.7 Å². The molecule has 3 fully saturated rings. The van der Waals surface area contributed by atoms with Gasteiger partial charge >= 0.3 is 6.18 Å². The normalized spacial score (nSPS) is 26.8. The van der Waals surface area contributed by atoms with Gasteiger partial charge in [-0.05, 0) is 41.8 Å². The van der Waals surface area contributed by atoms with Crippen LogP contribution < -0.4 is 17.0 Å². The molecule has 3 aliphatic heterocycles. The largest absolute Gasteiger partial charge is 1.00 e. The Morgan fingerprint density at radius 2 is 1.94 bits per heavy atom. The van der Waals surface area contributed by atoms with Gasteiger partial charge in [0.1, 0.15) is 24.5 Å². The standard InChI is InChI=1S/C27H27F4N2O.BrH/c1-2-17-15-33(16-19-7-8-20(14-23(19)28)27(29,30)31)12-10-18(17)13-25(33)26(34)22-9-11-32-24-6-4-3-5-21(22)24;/h2-9,11,14,17-18,25-26,34H,1,10,12-13,15-16H2;1H/q+1;/p-1/t17?,18?,25?,26-,33?;/m0./s1. The Labute approximate surface area is 212 Å². The predicted octanol–water partition coefficient (Wildman–Crippen LogP) is 3.04. The molecule has 186 valence electrons. The van der Waals surface area contributed by atoms with Crippen LogP contribution in [0.25, 0.3) is 10.9 Å². The van der Waals surface area contributed by atoms with Crippen LogP contribution in [0.2, 0.25) is 0 Å². The molecule has 0 spiro atoms. The third-order valence-corrected chi connectivity index (χ3v) is 7.91. The molecule has 5 atom stereocenters. The summed E-state index contributed by atoms with van der Waals surface area (Å²) < 4.78 is 54.5. The molecule has 2 aromatic carbocycles. The molecule has 8 heteroatoms. The molecule has 6 rings (SSSR count). The lowest BCUT2D eigenvalue weighted by molar-refractivity contribution is -0.985. The highest BCUT2D eigenvalue weighted by atomic mass is 79.9. The van der Waals surface area contributed by atoms with Crippen LogP contribution in [-0.2, 0) is 12.7 Å². The van der Waals surface area contributed by atoms with Crippen molar-refractivity contribution in [2.24, 2.45) is 11.8 Å². The number of aliphatic hydroxyl groups is 1. The molecule has 0 radical (unpaired) electrons. The maximum absolute atomic E-state index is 14.9. The average molecular weight is 551 g/mol. The number of pyridine rings is 1. The molecule has 3 aliphatic rings. The van der Waals surface area contributed by atoms with E-state index >= 15 is 0 Å². The number of aliphatic hydroxyl groups excluding tert-OH is 1. The van der Waals surface area contributed by atoms with E-state index in [0.29, 0.717) is 23.0 Å². The number of fused-ring (bicyclic) bond motifs is 4.